The number of likely N-dealkylation sites (N-methyl/N-ethyl adjacent to an activating group) is 1. The molecule has 3 aliphatic rings. The first-order valence-electron chi connectivity index (χ1n) is 13.6. The molecule has 1 aliphatic carbocycles. The average molecular weight is 519 g/mol. The second-order valence-electron chi connectivity index (χ2n) is 11.6. The van der Waals surface area contributed by atoms with Crippen molar-refractivity contribution in [2.45, 2.75) is 83.1 Å². The van der Waals surface area contributed by atoms with E-state index < -0.39 is 29.6 Å². The molecule has 2 aromatic carbocycles. The quantitative estimate of drug-likeness (QED) is 0.487. The van der Waals surface area contributed by atoms with Gasteiger partial charge in [-0.1, -0.05) is 50.2 Å². The van der Waals surface area contributed by atoms with Gasteiger partial charge in [0.1, 0.15) is 17.8 Å². The van der Waals surface area contributed by atoms with Gasteiger partial charge in [-0.2, -0.15) is 0 Å². The summed E-state index contributed by atoms with van der Waals surface area (Å²) in [5.74, 6) is -0.666. The number of carbonyl (C=O) groups excluding carboxylic acids is 3. The van der Waals surface area contributed by atoms with E-state index in [1.807, 2.05) is 32.0 Å². The van der Waals surface area contributed by atoms with Gasteiger partial charge in [0.2, 0.25) is 17.7 Å². The smallest absolute Gasteiger partial charge is 0.246 e. The molecule has 2 heterocycles. The third-order valence-corrected chi connectivity index (χ3v) is 8.63. The fourth-order valence-corrected chi connectivity index (χ4v) is 6.61. The Kier molecular flexibility index (Phi) is 6.94. The molecule has 0 bridgehead atoms. The van der Waals surface area contributed by atoms with Gasteiger partial charge in [0.25, 0.3) is 0 Å². The van der Waals surface area contributed by atoms with Gasteiger partial charge in [-0.3, -0.25) is 14.4 Å². The highest BCUT2D eigenvalue weighted by Gasteiger charge is 2.56. The molecule has 0 radical (unpaired) electrons. The van der Waals surface area contributed by atoms with Gasteiger partial charge in [0.15, 0.2) is 0 Å². The summed E-state index contributed by atoms with van der Waals surface area (Å²) in [6, 6.07) is 10.8. The number of phenols is 1. The van der Waals surface area contributed by atoms with Crippen LogP contribution >= 0.6 is 0 Å². The van der Waals surface area contributed by atoms with Gasteiger partial charge >= 0.3 is 0 Å². The summed E-state index contributed by atoms with van der Waals surface area (Å²) in [5, 5.41) is 20.0. The Hall–Kier alpha value is -3.39. The van der Waals surface area contributed by atoms with E-state index in [-0.39, 0.29) is 35.9 Å². The van der Waals surface area contributed by atoms with Gasteiger partial charge in [-0.05, 0) is 67.8 Å². The van der Waals surface area contributed by atoms with Crippen molar-refractivity contribution in [3.8, 4) is 5.75 Å². The van der Waals surface area contributed by atoms with Crippen molar-refractivity contribution in [1.29, 1.82) is 0 Å². The SMILES string of the molecule is CN[C@@H](C)C(=O)N[C@H]1Cc2cccc(O)c2C2CC(C)(C)C(C(=O)N[C@@H]3CCCc4ccccc43)N2C1=O. The van der Waals surface area contributed by atoms with Crippen LogP contribution in [0, 0.1) is 5.41 Å². The van der Waals surface area contributed by atoms with E-state index in [4.69, 9.17) is 0 Å². The lowest BCUT2D eigenvalue weighted by atomic mass is 9.80. The number of aryl methyl sites for hydroxylation is 1. The number of aromatic hydroxyl groups is 1. The Bertz CT molecular complexity index is 1260. The molecular weight excluding hydrogens is 480 g/mol. The maximum atomic E-state index is 14.2. The van der Waals surface area contributed by atoms with Crippen LogP contribution in [0.3, 0.4) is 0 Å². The molecule has 2 unspecified atom stereocenters. The van der Waals surface area contributed by atoms with E-state index >= 15 is 0 Å². The van der Waals surface area contributed by atoms with Crippen molar-refractivity contribution in [2.75, 3.05) is 7.05 Å². The van der Waals surface area contributed by atoms with Crippen molar-refractivity contribution >= 4 is 17.7 Å². The number of rotatable bonds is 5. The van der Waals surface area contributed by atoms with Crippen LogP contribution in [0.15, 0.2) is 42.5 Å². The summed E-state index contributed by atoms with van der Waals surface area (Å²) < 4.78 is 0. The van der Waals surface area contributed by atoms with Gasteiger partial charge in [0, 0.05) is 12.0 Å². The Labute approximate surface area is 224 Å². The molecule has 8 nitrogen and oxygen atoms in total. The Morgan fingerprint density at radius 1 is 1.05 bits per heavy atom. The Morgan fingerprint density at radius 3 is 2.55 bits per heavy atom. The van der Waals surface area contributed by atoms with Crippen LogP contribution in [0.1, 0.15) is 74.4 Å². The van der Waals surface area contributed by atoms with Crippen molar-refractivity contribution in [2.24, 2.45) is 5.41 Å². The van der Waals surface area contributed by atoms with E-state index in [0.717, 1.165) is 30.4 Å². The minimum absolute atomic E-state index is 0.110. The topological polar surface area (TPSA) is 111 Å². The lowest BCUT2D eigenvalue weighted by Crippen LogP contribution is -2.57. The molecule has 0 aromatic heterocycles. The molecule has 1 saturated heterocycles. The van der Waals surface area contributed by atoms with E-state index in [9.17, 15) is 19.5 Å². The highest BCUT2D eigenvalue weighted by molar-refractivity contribution is 5.95. The highest BCUT2D eigenvalue weighted by Crippen LogP contribution is 2.52. The molecule has 202 valence electrons. The average Bonchev–Trinajstić information content (AvgIpc) is 3.12. The monoisotopic (exact) mass is 518 g/mol. The van der Waals surface area contributed by atoms with Crippen molar-refractivity contribution in [1.82, 2.24) is 20.9 Å². The maximum absolute atomic E-state index is 14.2. The van der Waals surface area contributed by atoms with Crippen molar-refractivity contribution in [3.63, 3.8) is 0 Å². The molecule has 38 heavy (non-hydrogen) atoms. The van der Waals surface area contributed by atoms with Crippen molar-refractivity contribution in [3.05, 3.63) is 64.7 Å². The third kappa shape index (κ3) is 4.55. The fourth-order valence-electron chi connectivity index (χ4n) is 6.61. The molecule has 5 atom stereocenters. The van der Waals surface area contributed by atoms with E-state index in [2.05, 4.69) is 28.1 Å². The number of nitrogens with zero attached hydrogens (tertiary/aromatic N) is 1. The lowest BCUT2D eigenvalue weighted by Gasteiger charge is -2.36. The van der Waals surface area contributed by atoms with E-state index in [1.165, 1.54) is 5.56 Å². The zero-order valence-corrected chi connectivity index (χ0v) is 22.6. The minimum atomic E-state index is -0.844. The second-order valence-corrected chi connectivity index (χ2v) is 11.6. The molecule has 2 aliphatic heterocycles. The van der Waals surface area contributed by atoms with Crippen LogP contribution in [-0.2, 0) is 27.2 Å². The molecule has 8 heteroatoms. The first-order valence-corrected chi connectivity index (χ1v) is 13.6. The van der Waals surface area contributed by atoms with Gasteiger partial charge in [-0.25, -0.2) is 0 Å². The lowest BCUT2D eigenvalue weighted by molar-refractivity contribution is -0.145. The van der Waals surface area contributed by atoms with Crippen LogP contribution < -0.4 is 16.0 Å². The van der Waals surface area contributed by atoms with Crippen LogP contribution in [0.25, 0.3) is 0 Å². The predicted octanol–water partition coefficient (Wildman–Crippen LogP) is 2.90. The number of hydrogen-bond acceptors (Lipinski definition) is 5. The molecule has 0 saturated carbocycles. The molecule has 4 N–H and O–H groups in total. The minimum Gasteiger partial charge on any atom is -0.508 e. The second kappa shape index (κ2) is 10.1. The maximum Gasteiger partial charge on any atom is 0.246 e. The summed E-state index contributed by atoms with van der Waals surface area (Å²) in [5.41, 5.74) is 3.31. The Morgan fingerprint density at radius 2 is 1.79 bits per heavy atom. The van der Waals surface area contributed by atoms with Crippen LogP contribution in [0.5, 0.6) is 5.75 Å². The van der Waals surface area contributed by atoms with Crippen LogP contribution in [0.4, 0.5) is 0 Å². The van der Waals surface area contributed by atoms with Gasteiger partial charge < -0.3 is 26.0 Å². The Balaban J connectivity index is 1.52. The van der Waals surface area contributed by atoms with Crippen LogP contribution in [-0.4, -0.2) is 52.9 Å². The standard InChI is InChI=1S/C30H38N4O4/c1-17(31-4)27(36)33-22-15-19-11-8-14-24(35)25(19)23-16-30(2,3)26(34(23)29(22)38)28(37)32-21-13-7-10-18-9-5-6-12-20(18)21/h5-6,8-9,11-12,14,17,21-23,26,31,35H,7,10,13,15-16H2,1-4H3,(H,32,37)(H,33,36)/t17-,21+,22-,23?,26?/m0/s1. The molecule has 2 aromatic rings. The van der Waals surface area contributed by atoms with E-state index in [0.29, 0.717) is 12.0 Å². The van der Waals surface area contributed by atoms with Gasteiger partial charge in [0.05, 0.1) is 18.1 Å². The zero-order valence-electron chi connectivity index (χ0n) is 22.6. The predicted molar refractivity (Wildman–Crippen MR) is 144 cm³/mol. The van der Waals surface area contributed by atoms with Crippen molar-refractivity contribution < 1.29 is 19.5 Å². The zero-order chi connectivity index (χ0) is 27.2. The summed E-state index contributed by atoms with van der Waals surface area (Å²) in [6.07, 6.45) is 3.60. The number of fused-ring (bicyclic) bond motifs is 4. The fraction of sp³-hybridized carbons (Fsp3) is 0.500. The number of carbonyl (C=O) groups is 3. The summed E-state index contributed by atoms with van der Waals surface area (Å²) >= 11 is 0. The summed E-state index contributed by atoms with van der Waals surface area (Å²) in [4.78, 5) is 42.7. The third-order valence-electron chi connectivity index (χ3n) is 8.63. The highest BCUT2D eigenvalue weighted by atomic mass is 16.3. The number of amides is 3. The molecule has 0 spiro atoms. The summed E-state index contributed by atoms with van der Waals surface area (Å²) in [7, 11) is 1.69. The molecule has 5 rings (SSSR count). The first kappa shape index (κ1) is 26.2. The number of phenolic OH excluding ortho intramolecular Hbond substituents is 1. The normalized spacial score (nSPS) is 26.4. The largest absolute Gasteiger partial charge is 0.508 e. The molecule has 3 amide bonds. The molecule has 1 fully saturated rings. The van der Waals surface area contributed by atoms with Gasteiger partial charge in [-0.15, -0.1) is 0 Å². The van der Waals surface area contributed by atoms with E-state index in [1.54, 1.807) is 31.0 Å². The first-order chi connectivity index (χ1) is 18.1. The number of hydrogen-bond donors (Lipinski definition) is 4. The summed E-state index contributed by atoms with van der Waals surface area (Å²) in [6.45, 7) is 5.74. The van der Waals surface area contributed by atoms with Crippen LogP contribution in [0.2, 0.25) is 0 Å². The number of benzene rings is 2. The molecular formula is C30H38N4O4. The number of nitrogens with one attached hydrogen (secondary N) is 3.